The fraction of sp³-hybridized carbons (Fsp3) is 0.420. The number of pyridine rings is 2. The molecule has 4 heterocycles. The number of rotatable bonds is 11. The van der Waals surface area contributed by atoms with Gasteiger partial charge in [0.1, 0.15) is 17.0 Å². The van der Waals surface area contributed by atoms with Gasteiger partial charge in [0.15, 0.2) is 10.1 Å². The van der Waals surface area contributed by atoms with Crippen LogP contribution >= 0.6 is 0 Å². The Morgan fingerprint density at radius 3 is 1.39 bits per heavy atom. The van der Waals surface area contributed by atoms with Crippen molar-refractivity contribution in [2.75, 3.05) is 7.11 Å². The number of likely N-dealkylation sites (tertiary alicyclic amines) is 2. The van der Waals surface area contributed by atoms with Crippen LogP contribution in [0.5, 0.6) is 5.75 Å². The summed E-state index contributed by atoms with van der Waals surface area (Å²) in [5.74, 6) is -0.876. The highest BCUT2D eigenvalue weighted by Gasteiger charge is 2.66. The van der Waals surface area contributed by atoms with Gasteiger partial charge in [-0.15, -0.1) is 0 Å². The second kappa shape index (κ2) is 18.3. The van der Waals surface area contributed by atoms with Gasteiger partial charge in [-0.2, -0.15) is 31.6 Å². The summed E-state index contributed by atoms with van der Waals surface area (Å²) in [6, 6.07) is 18.1. The van der Waals surface area contributed by atoms with Gasteiger partial charge in [0.2, 0.25) is 0 Å². The van der Waals surface area contributed by atoms with Crippen LogP contribution in [-0.2, 0) is 55.1 Å². The predicted molar refractivity (Wildman–Crippen MR) is 250 cm³/mol. The molecule has 16 nitrogen and oxygen atoms in total. The molecule has 6 aliphatic rings. The van der Waals surface area contributed by atoms with Crippen LogP contribution in [0, 0.1) is 23.2 Å². The first-order chi connectivity index (χ1) is 34.5. The van der Waals surface area contributed by atoms with E-state index in [1.807, 2.05) is 18.2 Å². The van der Waals surface area contributed by atoms with Crippen LogP contribution in [0.15, 0.2) is 119 Å². The zero-order valence-electron chi connectivity index (χ0n) is 39.8. The number of hydrogen-bond donors (Lipinski definition) is 4. The summed E-state index contributed by atoms with van der Waals surface area (Å²) in [4.78, 5) is 37.2. The molecule has 2 aromatic carbocycles. The van der Waals surface area contributed by atoms with Gasteiger partial charge in [0.05, 0.1) is 42.0 Å². The zero-order chi connectivity index (χ0) is 53.6. The summed E-state index contributed by atoms with van der Waals surface area (Å²) >= 11 is 0. The van der Waals surface area contributed by atoms with E-state index in [1.165, 1.54) is 12.2 Å². The van der Waals surface area contributed by atoms with Crippen LogP contribution in [0.2, 0.25) is 0 Å². The number of benzene rings is 2. The smallest absolute Gasteiger partial charge is 0.417 e. The Bertz CT molecular complexity index is 3230. The Morgan fingerprint density at radius 2 is 1.05 bits per heavy atom. The fourth-order valence-electron chi connectivity index (χ4n) is 11.8. The van der Waals surface area contributed by atoms with Gasteiger partial charge in [0.25, 0.3) is 31.9 Å². The highest BCUT2D eigenvalue weighted by molar-refractivity contribution is 7.89. The number of alkyl halides is 6. The molecule has 4 fully saturated rings. The molecule has 4 aromatic rings. The number of carbonyl (C=O) groups excluding carboxylic acids is 2. The number of hydrogen-bond acceptors (Lipinski definition) is 12. The number of carbonyl (C=O) groups is 2. The molecule has 4 aliphatic carbocycles. The van der Waals surface area contributed by atoms with Gasteiger partial charge in [0, 0.05) is 47.7 Å². The Labute approximate surface area is 421 Å². The van der Waals surface area contributed by atoms with Crippen molar-refractivity contribution in [2.45, 2.75) is 122 Å². The first-order valence-corrected chi connectivity index (χ1v) is 26.3. The number of methoxy groups -OCH3 is 1. The van der Waals surface area contributed by atoms with Gasteiger partial charge < -0.3 is 24.7 Å². The van der Waals surface area contributed by atoms with Crippen molar-refractivity contribution in [3.63, 3.8) is 0 Å². The van der Waals surface area contributed by atoms with Gasteiger partial charge in [-0.3, -0.25) is 9.59 Å². The molecule has 4 N–H and O–H groups in total. The van der Waals surface area contributed by atoms with Crippen LogP contribution in [0.25, 0.3) is 0 Å². The summed E-state index contributed by atoms with van der Waals surface area (Å²) in [6.07, 6.45) is -2.84. The number of nitrogens with zero attached hydrogens (tertiary/aromatic N) is 5. The third-order valence-electron chi connectivity index (χ3n) is 15.1. The van der Waals surface area contributed by atoms with E-state index in [1.54, 1.807) is 67.2 Å². The molecule has 392 valence electrons. The quantitative estimate of drug-likeness (QED) is 0.128. The van der Waals surface area contributed by atoms with Crippen LogP contribution in [0.3, 0.4) is 0 Å². The number of sulfonamides is 2. The van der Waals surface area contributed by atoms with Crippen molar-refractivity contribution in [3.05, 3.63) is 136 Å². The molecule has 8 atom stereocenters. The van der Waals surface area contributed by atoms with Gasteiger partial charge in [-0.05, 0) is 124 Å². The SMILES string of the molecule is COc1ccc(CN2C(=O)C3=C[C@](C)(NS(=O)(=O)c4ccc(C(F)(F)F)cn4)C[C@H]4CC[C@@H]2[C@@]34O)cc1.C[C@]1(NS(=O)(=O)c2ccc(C(F)(F)F)cn2)C=C2C(=O)N(Cc3ccc(C#N)cc3)[C@@H]3CC[C@H](C1)[C@]23O. The van der Waals surface area contributed by atoms with E-state index >= 15 is 0 Å². The molecule has 2 aromatic heterocycles. The average molecular weight is 1070 g/mol. The molecule has 24 heteroatoms. The predicted octanol–water partition coefficient (Wildman–Crippen LogP) is 5.92. The third kappa shape index (κ3) is 9.35. The van der Waals surface area contributed by atoms with Gasteiger partial charge >= 0.3 is 12.4 Å². The maximum atomic E-state index is 13.5. The number of ether oxygens (including phenoxy) is 1. The molecule has 2 saturated heterocycles. The van der Waals surface area contributed by atoms with E-state index in [0.717, 1.165) is 23.3 Å². The fourth-order valence-corrected chi connectivity index (χ4v) is 14.4. The van der Waals surface area contributed by atoms with Crippen molar-refractivity contribution in [3.8, 4) is 11.8 Å². The molecule has 0 spiro atoms. The number of aliphatic hydroxyl groups is 2. The first kappa shape index (κ1) is 52.6. The molecule has 74 heavy (non-hydrogen) atoms. The molecule has 2 amide bonds. The second-order valence-corrected chi connectivity index (χ2v) is 23.3. The number of halogens is 6. The number of amides is 2. The lowest BCUT2D eigenvalue weighted by atomic mass is 9.71. The van der Waals surface area contributed by atoms with Crippen LogP contribution < -0.4 is 14.2 Å². The van der Waals surface area contributed by atoms with E-state index in [4.69, 9.17) is 10.00 Å². The van der Waals surface area contributed by atoms with Crippen molar-refractivity contribution >= 4 is 31.9 Å². The molecule has 10 rings (SSSR count). The lowest BCUT2D eigenvalue weighted by Crippen LogP contribution is -2.55. The molecule has 2 saturated carbocycles. The molecule has 2 aliphatic heterocycles. The van der Waals surface area contributed by atoms with Crippen LogP contribution in [0.1, 0.15) is 80.2 Å². The topological polar surface area (TPSA) is 232 Å². The highest BCUT2D eigenvalue weighted by atomic mass is 32.2. The average Bonchev–Trinajstić information content (AvgIpc) is 3.98. The monoisotopic (exact) mass is 1070 g/mol. The zero-order valence-corrected chi connectivity index (χ0v) is 41.4. The Hall–Kier alpha value is -6.23. The highest BCUT2D eigenvalue weighted by Crippen LogP contribution is 2.57. The van der Waals surface area contributed by atoms with E-state index in [2.05, 4.69) is 19.4 Å². The van der Waals surface area contributed by atoms with Gasteiger partial charge in [-0.1, -0.05) is 36.4 Å². The van der Waals surface area contributed by atoms with E-state index in [9.17, 15) is 63.0 Å². The molecule has 0 unspecified atom stereocenters. The lowest BCUT2D eigenvalue weighted by Gasteiger charge is -2.41. The summed E-state index contributed by atoms with van der Waals surface area (Å²) in [5, 5.41) is 31.3. The Kier molecular flexibility index (Phi) is 13.0. The first-order valence-electron chi connectivity index (χ1n) is 23.3. The number of nitriles is 1. The number of aromatic nitrogens is 2. The van der Waals surface area contributed by atoms with Crippen LogP contribution in [-0.4, -0.2) is 100 Å². The third-order valence-corrected chi connectivity index (χ3v) is 18.1. The summed E-state index contributed by atoms with van der Waals surface area (Å²) < 4.78 is 139. The largest absolute Gasteiger partial charge is 0.497 e. The molecular formula is C50H49F6N7O9S2. The van der Waals surface area contributed by atoms with E-state index < -0.39 is 99.8 Å². The van der Waals surface area contributed by atoms with Crippen molar-refractivity contribution in [2.24, 2.45) is 11.8 Å². The Balaban J connectivity index is 0.000000182. The maximum Gasteiger partial charge on any atom is 0.417 e. The summed E-state index contributed by atoms with van der Waals surface area (Å²) in [5.41, 5.74) is -5.10. The van der Waals surface area contributed by atoms with Crippen LogP contribution in [0.4, 0.5) is 26.3 Å². The maximum absolute atomic E-state index is 13.5. The second-order valence-electron chi connectivity index (χ2n) is 20.1. The van der Waals surface area contributed by atoms with Crippen molar-refractivity contribution < 1.29 is 67.7 Å². The summed E-state index contributed by atoms with van der Waals surface area (Å²) in [7, 11) is -7.11. The standard InChI is InChI=1S/C25H23F3N4O4S.C25H26F3N3O5S/c1-23(31-37(35,36)21-9-7-18(13-30-21)25(26,27)28)10-17-6-8-20-24(17,34)19(11-23)22(33)32(20)14-16-4-2-15(12-29)3-5-16;1-23(30-37(34,35)21-10-6-17(13-29-21)25(26,27)28)11-16-5-9-20-24(16,33)19(12-23)22(32)31(20)14-15-3-7-18(36-2)8-4-15/h2-5,7,9,11,13,17,20,31,34H,6,8,10,14H2,1H3;3-4,6-8,10,12-13,16,20,30,33H,5,9,11,14H2,1-2H3/t17-,20-,23-,24+;16-,20-,23-,24+/m11/s1. The molecule has 0 radical (unpaired) electrons. The minimum atomic E-state index is -4.65. The van der Waals surface area contributed by atoms with E-state index in [0.29, 0.717) is 61.5 Å². The minimum absolute atomic E-state index is 0.116. The normalized spacial score (nSPS) is 29.2. The number of nitrogens with one attached hydrogen (secondary N) is 2. The van der Waals surface area contributed by atoms with Gasteiger partial charge in [-0.25, -0.2) is 36.2 Å². The molecule has 0 bridgehead atoms. The molecular weight excluding hydrogens is 1020 g/mol. The van der Waals surface area contributed by atoms with Crippen molar-refractivity contribution in [1.29, 1.82) is 5.26 Å². The minimum Gasteiger partial charge on any atom is -0.497 e. The van der Waals surface area contributed by atoms with Crippen molar-refractivity contribution in [1.82, 2.24) is 29.2 Å². The van der Waals surface area contributed by atoms with E-state index in [-0.39, 0.29) is 48.9 Å². The summed E-state index contributed by atoms with van der Waals surface area (Å²) in [6.45, 7) is 3.66. The Morgan fingerprint density at radius 1 is 0.662 bits per heavy atom. The lowest BCUT2D eigenvalue weighted by molar-refractivity contribution is -0.138.